The molecule has 0 aliphatic rings. The van der Waals surface area contributed by atoms with Crippen molar-refractivity contribution in [3.63, 3.8) is 0 Å². The highest BCUT2D eigenvalue weighted by Gasteiger charge is 2.19. The standard InChI is InChI=1S/C46H29NOS/c1-3-11-30(12-4-1)37-23-21-35(28-41(37)31-13-5-2-6-14-31)47(36-22-24-39-38-15-7-9-17-43(38)48-44(39)29-36)34-20-19-32-26-42-40-16-8-10-18-45(40)49-46(42)27-33(32)25-34/h1-29H. The molecule has 49 heavy (non-hydrogen) atoms. The molecule has 10 rings (SSSR count). The second-order valence-electron chi connectivity index (χ2n) is 12.6. The highest BCUT2D eigenvalue weighted by Crippen LogP contribution is 2.44. The minimum atomic E-state index is 0.876. The predicted molar refractivity (Wildman–Crippen MR) is 210 cm³/mol. The molecule has 0 N–H and O–H groups in total. The molecule has 8 aromatic carbocycles. The van der Waals surface area contributed by atoms with Crippen molar-refractivity contribution in [2.75, 3.05) is 4.90 Å². The van der Waals surface area contributed by atoms with Crippen LogP contribution in [0.3, 0.4) is 0 Å². The number of hydrogen-bond acceptors (Lipinski definition) is 3. The Hall–Kier alpha value is -6.16. The van der Waals surface area contributed by atoms with Gasteiger partial charge in [-0.05, 0) is 93.7 Å². The molecule has 0 aliphatic heterocycles. The van der Waals surface area contributed by atoms with Crippen molar-refractivity contribution in [2.45, 2.75) is 0 Å². The number of furan rings is 1. The van der Waals surface area contributed by atoms with Gasteiger partial charge in [0, 0.05) is 54.1 Å². The fraction of sp³-hybridized carbons (Fsp3) is 0. The van der Waals surface area contributed by atoms with Crippen LogP contribution in [0.2, 0.25) is 0 Å². The van der Waals surface area contributed by atoms with Crippen LogP contribution in [0.15, 0.2) is 180 Å². The molecule has 0 bridgehead atoms. The summed E-state index contributed by atoms with van der Waals surface area (Å²) in [5, 5.41) is 7.34. The number of anilines is 3. The third-order valence-electron chi connectivity index (χ3n) is 9.63. The maximum Gasteiger partial charge on any atom is 0.137 e. The zero-order valence-corrected chi connectivity index (χ0v) is 27.3. The maximum atomic E-state index is 6.41. The van der Waals surface area contributed by atoms with Gasteiger partial charge in [0.15, 0.2) is 0 Å². The molecule has 230 valence electrons. The van der Waals surface area contributed by atoms with Gasteiger partial charge in [0.25, 0.3) is 0 Å². The van der Waals surface area contributed by atoms with Crippen LogP contribution in [0.5, 0.6) is 0 Å². The fourth-order valence-corrected chi connectivity index (χ4v) is 8.43. The summed E-state index contributed by atoms with van der Waals surface area (Å²) >= 11 is 1.86. The van der Waals surface area contributed by atoms with Crippen LogP contribution in [0.25, 0.3) is 75.1 Å². The molecule has 0 aliphatic carbocycles. The molecule has 0 atom stereocenters. The molecule has 3 heteroatoms. The highest BCUT2D eigenvalue weighted by molar-refractivity contribution is 7.25. The predicted octanol–water partition coefficient (Wildman–Crippen LogP) is 13.9. The van der Waals surface area contributed by atoms with Gasteiger partial charge in [-0.25, -0.2) is 0 Å². The van der Waals surface area contributed by atoms with Gasteiger partial charge >= 0.3 is 0 Å². The number of thiophene rings is 1. The Labute approximate surface area is 287 Å². The zero-order valence-electron chi connectivity index (χ0n) is 26.5. The molecule has 0 radical (unpaired) electrons. The lowest BCUT2D eigenvalue weighted by Crippen LogP contribution is -2.10. The van der Waals surface area contributed by atoms with Crippen LogP contribution in [-0.4, -0.2) is 0 Å². The first-order valence-electron chi connectivity index (χ1n) is 16.6. The smallest absolute Gasteiger partial charge is 0.137 e. The van der Waals surface area contributed by atoms with Crippen LogP contribution in [0, 0.1) is 0 Å². The molecule has 2 aromatic heterocycles. The van der Waals surface area contributed by atoms with Gasteiger partial charge in [-0.3, -0.25) is 0 Å². The van der Waals surface area contributed by atoms with E-state index in [0.29, 0.717) is 0 Å². The van der Waals surface area contributed by atoms with E-state index >= 15 is 0 Å². The lowest BCUT2D eigenvalue weighted by atomic mass is 9.93. The molecular formula is C46H29NOS. The second kappa shape index (κ2) is 11.2. The monoisotopic (exact) mass is 643 g/mol. The van der Waals surface area contributed by atoms with Crippen LogP contribution < -0.4 is 4.90 Å². The molecule has 0 fully saturated rings. The van der Waals surface area contributed by atoms with Crippen molar-refractivity contribution in [3.05, 3.63) is 176 Å². The van der Waals surface area contributed by atoms with Crippen molar-refractivity contribution in [2.24, 2.45) is 0 Å². The summed E-state index contributed by atoms with van der Waals surface area (Å²) < 4.78 is 9.03. The second-order valence-corrected chi connectivity index (χ2v) is 13.6. The van der Waals surface area contributed by atoms with E-state index in [2.05, 4.69) is 169 Å². The van der Waals surface area contributed by atoms with Gasteiger partial charge in [-0.15, -0.1) is 11.3 Å². The van der Waals surface area contributed by atoms with E-state index in [1.165, 1.54) is 53.2 Å². The Morgan fingerprint density at radius 3 is 1.84 bits per heavy atom. The first-order chi connectivity index (χ1) is 24.3. The van der Waals surface area contributed by atoms with Crippen molar-refractivity contribution >= 4 is 81.3 Å². The summed E-state index contributed by atoms with van der Waals surface area (Å²) in [5.41, 5.74) is 9.76. The quantitative estimate of drug-likeness (QED) is 0.186. The third-order valence-corrected chi connectivity index (χ3v) is 10.8. The minimum absolute atomic E-state index is 0.876. The van der Waals surface area contributed by atoms with Gasteiger partial charge in [-0.2, -0.15) is 0 Å². The lowest BCUT2D eigenvalue weighted by Gasteiger charge is -2.27. The Kier molecular flexibility index (Phi) is 6.39. The fourth-order valence-electron chi connectivity index (χ4n) is 7.29. The Balaban J connectivity index is 1.20. The summed E-state index contributed by atoms with van der Waals surface area (Å²) in [4.78, 5) is 2.36. The minimum Gasteiger partial charge on any atom is -0.456 e. The number of nitrogens with zero attached hydrogens (tertiary/aromatic N) is 1. The molecule has 10 aromatic rings. The molecule has 0 unspecified atom stereocenters. The Morgan fingerprint density at radius 2 is 1.00 bits per heavy atom. The first kappa shape index (κ1) is 27.9. The molecule has 0 spiro atoms. The summed E-state index contributed by atoms with van der Waals surface area (Å²) in [6, 6.07) is 63.3. The molecule has 0 saturated heterocycles. The van der Waals surface area contributed by atoms with Gasteiger partial charge in [0.05, 0.1) is 0 Å². The van der Waals surface area contributed by atoms with Crippen LogP contribution >= 0.6 is 11.3 Å². The lowest BCUT2D eigenvalue weighted by molar-refractivity contribution is 0.669. The molecule has 2 heterocycles. The van der Waals surface area contributed by atoms with E-state index in [9.17, 15) is 0 Å². The van der Waals surface area contributed by atoms with Crippen LogP contribution in [0.1, 0.15) is 0 Å². The van der Waals surface area contributed by atoms with E-state index in [4.69, 9.17) is 4.42 Å². The molecular weight excluding hydrogens is 615 g/mol. The van der Waals surface area contributed by atoms with Crippen molar-refractivity contribution in [1.82, 2.24) is 0 Å². The van der Waals surface area contributed by atoms with Crippen molar-refractivity contribution < 1.29 is 4.42 Å². The third kappa shape index (κ3) is 4.70. The Bertz CT molecular complexity index is 2830. The molecule has 0 saturated carbocycles. The summed E-state index contributed by atoms with van der Waals surface area (Å²) in [7, 11) is 0. The van der Waals surface area contributed by atoms with Crippen molar-refractivity contribution in [1.29, 1.82) is 0 Å². The zero-order chi connectivity index (χ0) is 32.3. The topological polar surface area (TPSA) is 16.4 Å². The number of benzene rings is 8. The van der Waals surface area contributed by atoms with E-state index in [0.717, 1.165) is 39.0 Å². The van der Waals surface area contributed by atoms with Gasteiger partial charge in [0.2, 0.25) is 0 Å². The molecule has 0 amide bonds. The van der Waals surface area contributed by atoms with Crippen LogP contribution in [-0.2, 0) is 0 Å². The van der Waals surface area contributed by atoms with E-state index in [1.54, 1.807) is 0 Å². The highest BCUT2D eigenvalue weighted by atomic mass is 32.1. The summed E-state index contributed by atoms with van der Waals surface area (Å²) in [6.07, 6.45) is 0. The van der Waals surface area contributed by atoms with Crippen molar-refractivity contribution in [3.8, 4) is 22.3 Å². The van der Waals surface area contributed by atoms with E-state index in [1.807, 2.05) is 23.5 Å². The summed E-state index contributed by atoms with van der Waals surface area (Å²) in [6.45, 7) is 0. The van der Waals surface area contributed by atoms with Gasteiger partial charge < -0.3 is 9.32 Å². The first-order valence-corrected chi connectivity index (χ1v) is 17.4. The number of hydrogen-bond donors (Lipinski definition) is 0. The van der Waals surface area contributed by atoms with Crippen LogP contribution in [0.4, 0.5) is 17.1 Å². The van der Waals surface area contributed by atoms with E-state index in [-0.39, 0.29) is 0 Å². The largest absolute Gasteiger partial charge is 0.456 e. The normalized spacial score (nSPS) is 11.7. The maximum absolute atomic E-state index is 6.41. The van der Waals surface area contributed by atoms with E-state index < -0.39 is 0 Å². The molecule has 2 nitrogen and oxygen atoms in total. The number of rotatable bonds is 5. The average Bonchev–Trinajstić information content (AvgIpc) is 3.72. The van der Waals surface area contributed by atoms with Gasteiger partial charge in [-0.1, -0.05) is 109 Å². The Morgan fingerprint density at radius 1 is 0.367 bits per heavy atom. The summed E-state index contributed by atoms with van der Waals surface area (Å²) in [5.74, 6) is 0. The van der Waals surface area contributed by atoms with Gasteiger partial charge in [0.1, 0.15) is 11.2 Å². The SMILES string of the molecule is c1ccc(-c2ccc(N(c3ccc4cc5c(cc4c3)sc3ccccc35)c3ccc4c(c3)oc3ccccc34)cc2-c2ccccc2)cc1. The number of para-hydroxylation sites is 1. The number of fused-ring (bicyclic) bond motifs is 7. The average molecular weight is 644 g/mol.